The molecule has 0 aromatic carbocycles. The summed E-state index contributed by atoms with van der Waals surface area (Å²) in [4.78, 5) is 3.54. The third-order valence-electron chi connectivity index (χ3n) is 1.32. The molecule has 1 rings (SSSR count). The first-order valence-electron chi connectivity index (χ1n) is 3.18. The van der Waals surface area contributed by atoms with Crippen LogP contribution in [-0.2, 0) is 5.33 Å². The van der Waals surface area contributed by atoms with Crippen molar-refractivity contribution >= 4 is 15.9 Å². The Hall–Kier alpha value is -0.710. The average Bonchev–Trinajstić information content (AvgIpc) is 2.05. The highest BCUT2D eigenvalue weighted by Gasteiger charge is 2.10. The molecule has 66 valence electrons. The summed E-state index contributed by atoms with van der Waals surface area (Å²) in [5.74, 6) is -0.0729. The fourth-order valence-electron chi connectivity index (χ4n) is 0.731. The van der Waals surface area contributed by atoms with E-state index in [2.05, 4.69) is 20.9 Å². The normalized spacial score (nSPS) is 10.7. The van der Waals surface area contributed by atoms with Gasteiger partial charge in [-0.05, 0) is 12.1 Å². The highest BCUT2D eigenvalue weighted by atomic mass is 79.9. The number of hydrogen-bond donors (Lipinski definition) is 1. The van der Waals surface area contributed by atoms with Crippen LogP contribution < -0.4 is 0 Å². The summed E-state index contributed by atoms with van der Waals surface area (Å²) in [5.41, 5.74) is -0.0879. The quantitative estimate of drug-likeness (QED) is 0.803. The van der Waals surface area contributed by atoms with E-state index in [9.17, 15) is 8.78 Å². The molecule has 0 atom stereocenters. The van der Waals surface area contributed by atoms with E-state index in [0.29, 0.717) is 0 Å². The number of hydrogen-bond acceptors (Lipinski definition) is 2. The van der Waals surface area contributed by atoms with Gasteiger partial charge in [-0.25, -0.2) is 13.8 Å². The first-order chi connectivity index (χ1) is 5.65. The van der Waals surface area contributed by atoms with Crippen molar-refractivity contribution in [2.24, 2.45) is 0 Å². The van der Waals surface area contributed by atoms with Gasteiger partial charge in [0.25, 0.3) is 6.43 Å². The van der Waals surface area contributed by atoms with Gasteiger partial charge in [0.05, 0.1) is 5.69 Å². The van der Waals surface area contributed by atoms with E-state index in [-0.39, 0.29) is 22.5 Å². The number of rotatable bonds is 2. The zero-order valence-corrected chi connectivity index (χ0v) is 7.55. The SMILES string of the molecule is Oc1ccc(C(F)F)nc1CBr. The number of alkyl halides is 3. The molecule has 0 aliphatic heterocycles. The van der Waals surface area contributed by atoms with Crippen LogP contribution in [0.5, 0.6) is 5.75 Å². The third-order valence-corrected chi connectivity index (χ3v) is 1.85. The largest absolute Gasteiger partial charge is 0.506 e. The number of aromatic hydroxyl groups is 1. The number of nitrogens with zero attached hydrogens (tertiary/aromatic N) is 1. The van der Waals surface area contributed by atoms with E-state index in [0.717, 1.165) is 6.07 Å². The molecule has 2 nitrogen and oxygen atoms in total. The number of halogens is 3. The number of pyridine rings is 1. The van der Waals surface area contributed by atoms with Crippen LogP contribution >= 0.6 is 15.9 Å². The second kappa shape index (κ2) is 3.80. The van der Waals surface area contributed by atoms with Crippen molar-refractivity contribution < 1.29 is 13.9 Å². The molecule has 0 amide bonds. The lowest BCUT2D eigenvalue weighted by Crippen LogP contribution is -1.93. The van der Waals surface area contributed by atoms with Crippen LogP contribution in [0.4, 0.5) is 8.78 Å². The lowest BCUT2D eigenvalue weighted by molar-refractivity contribution is 0.145. The van der Waals surface area contributed by atoms with Gasteiger partial charge in [-0.1, -0.05) is 15.9 Å². The summed E-state index contributed by atoms with van der Waals surface area (Å²) in [6.07, 6.45) is -2.59. The highest BCUT2D eigenvalue weighted by molar-refractivity contribution is 9.08. The molecule has 1 aromatic heterocycles. The van der Waals surface area contributed by atoms with Crippen molar-refractivity contribution in [3.63, 3.8) is 0 Å². The average molecular weight is 238 g/mol. The lowest BCUT2D eigenvalue weighted by Gasteiger charge is -2.02. The Morgan fingerprint density at radius 1 is 1.50 bits per heavy atom. The molecule has 1 aromatic rings. The summed E-state index contributed by atoms with van der Waals surface area (Å²) in [5, 5.41) is 9.34. The maximum Gasteiger partial charge on any atom is 0.280 e. The Morgan fingerprint density at radius 3 is 2.67 bits per heavy atom. The van der Waals surface area contributed by atoms with Gasteiger partial charge >= 0.3 is 0 Å². The monoisotopic (exact) mass is 237 g/mol. The maximum absolute atomic E-state index is 12.1. The van der Waals surface area contributed by atoms with Gasteiger partial charge in [0.1, 0.15) is 11.4 Å². The highest BCUT2D eigenvalue weighted by Crippen LogP contribution is 2.22. The fraction of sp³-hybridized carbons (Fsp3) is 0.286. The zero-order chi connectivity index (χ0) is 9.14. The van der Waals surface area contributed by atoms with Crippen LogP contribution in [0.3, 0.4) is 0 Å². The van der Waals surface area contributed by atoms with Crippen LogP contribution in [0, 0.1) is 0 Å². The van der Waals surface area contributed by atoms with E-state index in [4.69, 9.17) is 5.11 Å². The lowest BCUT2D eigenvalue weighted by atomic mass is 10.3. The van der Waals surface area contributed by atoms with Crippen LogP contribution in [0.25, 0.3) is 0 Å². The van der Waals surface area contributed by atoms with E-state index < -0.39 is 6.43 Å². The topological polar surface area (TPSA) is 33.1 Å². The Labute approximate surface area is 76.4 Å². The predicted octanol–water partition coefficient (Wildman–Crippen LogP) is 2.62. The van der Waals surface area contributed by atoms with Crippen molar-refractivity contribution in [1.29, 1.82) is 0 Å². The molecular formula is C7H6BrF2NO. The summed E-state index contributed by atoms with van der Waals surface area (Å²) in [7, 11) is 0. The molecule has 0 radical (unpaired) electrons. The second-order valence-electron chi connectivity index (χ2n) is 2.14. The summed E-state index contributed by atoms with van der Waals surface area (Å²) in [6.45, 7) is 0. The molecule has 0 bridgehead atoms. The minimum absolute atomic E-state index is 0.0729. The van der Waals surface area contributed by atoms with E-state index in [1.54, 1.807) is 0 Å². The van der Waals surface area contributed by atoms with Crippen LogP contribution in [-0.4, -0.2) is 10.1 Å². The van der Waals surface area contributed by atoms with Crippen LogP contribution in [0.2, 0.25) is 0 Å². The molecule has 0 saturated carbocycles. The predicted molar refractivity (Wildman–Crippen MR) is 43.5 cm³/mol. The van der Waals surface area contributed by atoms with Gasteiger partial charge in [-0.3, -0.25) is 0 Å². The Bertz CT molecular complexity index is 280. The van der Waals surface area contributed by atoms with Gasteiger partial charge in [0.2, 0.25) is 0 Å². The molecule has 1 N–H and O–H groups in total. The molecule has 0 fully saturated rings. The zero-order valence-electron chi connectivity index (χ0n) is 5.97. The van der Waals surface area contributed by atoms with Gasteiger partial charge in [0, 0.05) is 5.33 Å². The van der Waals surface area contributed by atoms with Gasteiger partial charge in [-0.15, -0.1) is 0 Å². The smallest absolute Gasteiger partial charge is 0.280 e. The van der Waals surface area contributed by atoms with Crippen molar-refractivity contribution in [1.82, 2.24) is 4.98 Å². The molecule has 1 heterocycles. The minimum atomic E-state index is -2.59. The van der Waals surface area contributed by atoms with Crippen molar-refractivity contribution in [2.75, 3.05) is 0 Å². The van der Waals surface area contributed by atoms with Crippen molar-refractivity contribution in [3.8, 4) is 5.75 Å². The first-order valence-corrected chi connectivity index (χ1v) is 4.30. The summed E-state index contributed by atoms with van der Waals surface area (Å²) in [6, 6.07) is 2.32. The van der Waals surface area contributed by atoms with Crippen molar-refractivity contribution in [3.05, 3.63) is 23.5 Å². The molecule has 0 unspecified atom stereocenters. The minimum Gasteiger partial charge on any atom is -0.506 e. The molecule has 0 aliphatic rings. The van der Waals surface area contributed by atoms with Gasteiger partial charge in [0.15, 0.2) is 0 Å². The Morgan fingerprint density at radius 2 is 2.17 bits per heavy atom. The van der Waals surface area contributed by atoms with E-state index in [1.165, 1.54) is 6.07 Å². The fourth-order valence-corrected chi connectivity index (χ4v) is 1.14. The van der Waals surface area contributed by atoms with Crippen molar-refractivity contribution in [2.45, 2.75) is 11.8 Å². The molecular weight excluding hydrogens is 232 g/mol. The third kappa shape index (κ3) is 1.91. The standard InChI is InChI=1S/C7H6BrF2NO/c8-3-5-6(12)2-1-4(11-5)7(9)10/h1-2,7,12H,3H2. The Kier molecular flexibility index (Phi) is 2.97. The summed E-state index contributed by atoms with van der Waals surface area (Å²) < 4.78 is 24.1. The first kappa shape index (κ1) is 9.38. The molecule has 0 aliphatic carbocycles. The van der Waals surface area contributed by atoms with E-state index in [1.807, 2.05) is 0 Å². The van der Waals surface area contributed by atoms with Gasteiger partial charge in [-0.2, -0.15) is 0 Å². The Balaban J connectivity index is 3.05. The number of aromatic nitrogens is 1. The second-order valence-corrected chi connectivity index (χ2v) is 2.70. The van der Waals surface area contributed by atoms with E-state index >= 15 is 0 Å². The molecule has 0 spiro atoms. The molecule has 5 heteroatoms. The van der Waals surface area contributed by atoms with Crippen LogP contribution in [0.15, 0.2) is 12.1 Å². The van der Waals surface area contributed by atoms with Gasteiger partial charge < -0.3 is 5.11 Å². The molecule has 12 heavy (non-hydrogen) atoms. The summed E-state index contributed by atoms with van der Waals surface area (Å²) >= 11 is 3.02. The molecule has 0 saturated heterocycles. The van der Waals surface area contributed by atoms with Crippen LogP contribution in [0.1, 0.15) is 17.8 Å². The maximum atomic E-state index is 12.1.